The molecule has 2 N–H and O–H groups in total. The summed E-state index contributed by atoms with van der Waals surface area (Å²) in [6.45, 7) is 11.8. The Kier molecular flexibility index (Phi) is 29.1. The summed E-state index contributed by atoms with van der Waals surface area (Å²) in [7, 11) is 0. The molecule has 0 atom stereocenters. The molecule has 2 aromatic heterocycles. The minimum absolute atomic E-state index is 0. The summed E-state index contributed by atoms with van der Waals surface area (Å²) in [5.41, 5.74) is 31.6. The SMILES string of the molecule is C=C=C=C=C=C=C=CC1(CCCCCCCC)c2cc(-c3ccc(O)c(C=NCCCCCC)c3)ccc2-c2ccc(-c3ccc(O)c(C=NCCCCCC)c3)cc21.[Ir].[Ir].[c-]1ccccc1-c1nc2ccccc2s1.[c-]1ccccc1-c1nc2ccccc2s1. The molecule has 11 rings (SSSR count). The molecule has 6 nitrogen and oxygen atoms in total. The van der Waals surface area contributed by atoms with Crippen molar-refractivity contribution in [3.63, 3.8) is 0 Å². The number of hydrogen-bond donors (Lipinski definition) is 2. The molecule has 10 heteroatoms. The summed E-state index contributed by atoms with van der Waals surface area (Å²) in [6.07, 6.45) is 23.1. The van der Waals surface area contributed by atoms with Gasteiger partial charge in [0.25, 0.3) is 0 Å². The van der Waals surface area contributed by atoms with Crippen molar-refractivity contribution in [1.82, 2.24) is 9.97 Å². The van der Waals surface area contributed by atoms with Crippen LogP contribution in [0.4, 0.5) is 0 Å². The van der Waals surface area contributed by atoms with Gasteiger partial charge in [-0.25, -0.2) is 0 Å². The van der Waals surface area contributed by atoms with Crippen molar-refractivity contribution in [2.45, 2.75) is 122 Å². The predicted octanol–water partition coefficient (Wildman–Crippen LogP) is 22.1. The predicted molar refractivity (Wildman–Crippen MR) is 377 cm³/mol. The number of fused-ring (bicyclic) bond motifs is 5. The first-order chi connectivity index (χ1) is 43.8. The van der Waals surface area contributed by atoms with Gasteiger partial charge >= 0.3 is 0 Å². The van der Waals surface area contributed by atoms with Crippen molar-refractivity contribution in [3.05, 3.63) is 251 Å². The van der Waals surface area contributed by atoms with Crippen LogP contribution in [-0.4, -0.2) is 45.7 Å². The van der Waals surface area contributed by atoms with Crippen molar-refractivity contribution in [3.8, 4) is 66.0 Å². The third-order valence-electron chi connectivity index (χ3n) is 15.8. The van der Waals surface area contributed by atoms with Crippen LogP contribution < -0.4 is 0 Å². The Morgan fingerprint density at radius 2 is 0.912 bits per heavy atom. The molecule has 0 spiro atoms. The number of aromatic hydroxyl groups is 2. The molecule has 0 bridgehead atoms. The van der Waals surface area contributed by atoms with Crippen molar-refractivity contribution in [2.24, 2.45) is 9.98 Å². The molecule has 2 heterocycles. The maximum atomic E-state index is 10.8. The van der Waals surface area contributed by atoms with Gasteiger partial charge in [0.2, 0.25) is 0 Å². The van der Waals surface area contributed by atoms with Crippen LogP contribution in [-0.2, 0) is 45.6 Å². The topological polar surface area (TPSA) is 91.0 Å². The number of rotatable bonds is 24. The van der Waals surface area contributed by atoms with Crippen LogP contribution in [0, 0.1) is 12.1 Å². The van der Waals surface area contributed by atoms with E-state index in [2.05, 4.69) is 148 Å². The van der Waals surface area contributed by atoms with Gasteiger partial charge in [-0.3, -0.25) is 20.0 Å². The number of phenols is 2. The van der Waals surface area contributed by atoms with E-state index < -0.39 is 5.41 Å². The number of aliphatic imine (C=N–C) groups is 2. The zero-order valence-electron chi connectivity index (χ0n) is 52.3. The molecule has 8 aromatic carbocycles. The van der Waals surface area contributed by atoms with E-state index in [-0.39, 0.29) is 51.7 Å². The average Bonchev–Trinajstić information content (AvgIpc) is 1.57. The van der Waals surface area contributed by atoms with Crippen LogP contribution in [0.3, 0.4) is 0 Å². The first kappa shape index (κ1) is 70.7. The fourth-order valence-corrected chi connectivity index (χ4v) is 13.0. The monoisotopic (exact) mass is 1590 g/mol. The van der Waals surface area contributed by atoms with E-state index >= 15 is 0 Å². The molecule has 0 aliphatic heterocycles. The number of allylic oxidation sites excluding steroid dienone is 1. The summed E-state index contributed by atoms with van der Waals surface area (Å²) in [5, 5.41) is 23.7. The Morgan fingerprint density at radius 3 is 1.37 bits per heavy atom. The zero-order valence-corrected chi connectivity index (χ0v) is 58.7. The first-order valence-corrected chi connectivity index (χ1v) is 33.2. The fourth-order valence-electron chi connectivity index (χ4n) is 11.1. The van der Waals surface area contributed by atoms with E-state index in [0.717, 1.165) is 111 Å². The fraction of sp³-hybridized carbons (Fsp3) is 0.259. The number of para-hydroxylation sites is 2. The van der Waals surface area contributed by atoms with Gasteiger partial charge in [-0.2, -0.15) is 22.7 Å². The average molecular weight is 1590 g/mol. The summed E-state index contributed by atoms with van der Waals surface area (Å²) in [5.74, 6) is 0.460. The molecule has 0 amide bonds. The number of aromatic nitrogens is 2. The van der Waals surface area contributed by atoms with Crippen molar-refractivity contribution >= 4 is 55.5 Å². The normalized spacial score (nSPS) is 12.5. The minimum Gasteiger partial charge on any atom is -0.507 e. The molecule has 10 aromatic rings. The summed E-state index contributed by atoms with van der Waals surface area (Å²) < 4.78 is 2.45. The molecule has 1 aliphatic carbocycles. The van der Waals surface area contributed by atoms with Crippen LogP contribution in [0.1, 0.15) is 139 Å². The molecule has 0 fully saturated rings. The van der Waals surface area contributed by atoms with Crippen molar-refractivity contribution in [2.75, 3.05) is 13.1 Å². The van der Waals surface area contributed by atoms with Crippen LogP contribution in [0.25, 0.3) is 75.0 Å². The Hall–Kier alpha value is -7.80. The Balaban J connectivity index is 0.000000293. The van der Waals surface area contributed by atoms with Crippen LogP contribution in [0.5, 0.6) is 11.5 Å². The van der Waals surface area contributed by atoms with Crippen LogP contribution in [0.15, 0.2) is 227 Å². The third kappa shape index (κ3) is 19.6. The van der Waals surface area contributed by atoms with Gasteiger partial charge in [-0.1, -0.05) is 170 Å². The molecule has 466 valence electrons. The van der Waals surface area contributed by atoms with E-state index in [4.69, 9.17) is 0 Å². The number of hydrogen-bond acceptors (Lipinski definition) is 8. The molecule has 91 heavy (non-hydrogen) atoms. The van der Waals surface area contributed by atoms with E-state index in [1.807, 2.05) is 122 Å². The van der Waals surface area contributed by atoms with Gasteiger partial charge in [0.05, 0.1) is 11.0 Å². The first-order valence-electron chi connectivity index (χ1n) is 31.6. The van der Waals surface area contributed by atoms with Gasteiger partial charge in [0.1, 0.15) is 11.5 Å². The maximum Gasteiger partial charge on any atom is 0.124 e. The zero-order chi connectivity index (χ0) is 61.9. The molecule has 0 unspecified atom stereocenters. The number of nitrogens with zero attached hydrogens (tertiary/aromatic N) is 4. The number of unbranched alkanes of at least 4 members (excludes halogenated alkanes) is 11. The van der Waals surface area contributed by atoms with E-state index in [1.54, 1.807) is 34.8 Å². The standard InChI is InChI=1S/C55H62N2O2.2C13H8NS.2Ir/c1-5-9-13-17-19-21-33-55(34-22-20-18-14-10-6-2)51-39-45(43-27-31-53(58)47(37-43)41-56-35-23-15-11-7-3)25-29-49(51)50-30-26-46(40-52(50)55)44-28-32-54(59)48(38-44)42-57-36-24-16-12-8-4;2*1-2-6-10(7-3-1)13-14-11-8-4-5-9-12(11)15-13;;/h25-33,37-42,58-59H,1,6-8,10-12,14-16,18,20,22-24,34-36H2,2-4H3;2*1-6,8-9H;;/q;2*-1;;. The maximum absolute atomic E-state index is 10.8. The van der Waals surface area contributed by atoms with Crippen molar-refractivity contribution in [1.29, 1.82) is 0 Å². The molecule has 2 radical (unpaired) electrons. The van der Waals surface area contributed by atoms with Gasteiger partial charge in [0.15, 0.2) is 0 Å². The number of thiazole rings is 2. The number of phenolic OH excluding ortho intramolecular Hbond substituents is 2. The van der Waals surface area contributed by atoms with E-state index in [9.17, 15) is 10.2 Å². The number of benzene rings is 8. The molecule has 1 aliphatic rings. The summed E-state index contributed by atoms with van der Waals surface area (Å²) in [4.78, 5) is 18.5. The Labute approximate surface area is 574 Å². The second-order valence-electron chi connectivity index (χ2n) is 22.2. The minimum atomic E-state index is -0.506. The molecular weight excluding hydrogens is 1510 g/mol. The molecular formula is C81H78Ir2N4O2S2-2. The van der Waals surface area contributed by atoms with Crippen LogP contribution in [0.2, 0.25) is 0 Å². The van der Waals surface area contributed by atoms with Crippen LogP contribution >= 0.6 is 22.7 Å². The molecule has 0 saturated heterocycles. The quantitative estimate of drug-likeness (QED) is 0.0273. The Morgan fingerprint density at radius 1 is 0.484 bits per heavy atom. The second kappa shape index (κ2) is 37.5. The van der Waals surface area contributed by atoms with Gasteiger partial charge < -0.3 is 10.2 Å². The Bertz CT molecular complexity index is 3970. The van der Waals surface area contributed by atoms with Gasteiger partial charge in [0, 0.05) is 102 Å². The van der Waals surface area contributed by atoms with E-state index in [0.29, 0.717) is 0 Å². The summed E-state index contributed by atoms with van der Waals surface area (Å²) >= 11 is 3.42. The van der Waals surface area contributed by atoms with Gasteiger partial charge in [-0.05, 0) is 160 Å². The van der Waals surface area contributed by atoms with Gasteiger partial charge in [-0.15, -0.1) is 71.8 Å². The van der Waals surface area contributed by atoms with E-state index in [1.165, 1.54) is 95.9 Å². The summed E-state index contributed by atoms with van der Waals surface area (Å²) in [6, 6.07) is 63.8. The van der Waals surface area contributed by atoms with Crippen molar-refractivity contribution < 1.29 is 50.4 Å². The third-order valence-corrected chi connectivity index (χ3v) is 18.0. The largest absolute Gasteiger partial charge is 0.507 e. The molecule has 0 saturated carbocycles. The smallest absolute Gasteiger partial charge is 0.124 e. The second-order valence-corrected chi connectivity index (χ2v) is 24.3.